The van der Waals surface area contributed by atoms with Crippen LogP contribution in [0.5, 0.6) is 11.5 Å². The van der Waals surface area contributed by atoms with E-state index in [4.69, 9.17) is 18.9 Å². The molecule has 34 heavy (non-hydrogen) atoms. The molecule has 2 aliphatic rings. The Labute approximate surface area is 203 Å². The number of rotatable bonds is 9. The summed E-state index contributed by atoms with van der Waals surface area (Å²) in [5, 5.41) is 0. The molecule has 1 amide bonds. The van der Waals surface area contributed by atoms with E-state index >= 15 is 0 Å². The van der Waals surface area contributed by atoms with Gasteiger partial charge in [0.2, 0.25) is 13.1 Å². The average Bonchev–Trinajstić information content (AvgIpc) is 3.28. The van der Waals surface area contributed by atoms with Crippen LogP contribution in [-0.4, -0.2) is 92.2 Å². The minimum atomic E-state index is -0.936. The molecular formula is C25H41N3O6. The van der Waals surface area contributed by atoms with Crippen LogP contribution in [0.15, 0.2) is 18.2 Å². The van der Waals surface area contributed by atoms with Crippen LogP contribution in [0.4, 0.5) is 4.79 Å². The SMILES string of the molecule is CC.CCN(C(=O)OC(C)OC(=O)CCN1CCN(C)CC1)C(C)Cc1ccc2c(c1)OCO2. The zero-order valence-electron chi connectivity index (χ0n) is 21.5. The van der Waals surface area contributed by atoms with Gasteiger partial charge >= 0.3 is 12.1 Å². The molecule has 2 heterocycles. The molecule has 1 saturated heterocycles. The van der Waals surface area contributed by atoms with E-state index in [-0.39, 0.29) is 25.2 Å². The Morgan fingerprint density at radius 2 is 1.74 bits per heavy atom. The minimum absolute atomic E-state index is 0.104. The summed E-state index contributed by atoms with van der Waals surface area (Å²) in [5.74, 6) is 1.09. The predicted octanol–water partition coefficient (Wildman–Crippen LogP) is 3.36. The van der Waals surface area contributed by atoms with Gasteiger partial charge in [-0.15, -0.1) is 0 Å². The zero-order chi connectivity index (χ0) is 25.1. The number of nitrogens with zero attached hydrogens (tertiary/aromatic N) is 3. The fraction of sp³-hybridized carbons (Fsp3) is 0.680. The fourth-order valence-corrected chi connectivity index (χ4v) is 3.94. The molecule has 2 aliphatic heterocycles. The third-order valence-electron chi connectivity index (χ3n) is 5.87. The van der Waals surface area contributed by atoms with Crippen LogP contribution in [0, 0.1) is 0 Å². The van der Waals surface area contributed by atoms with Crippen molar-refractivity contribution < 1.29 is 28.5 Å². The summed E-state index contributed by atoms with van der Waals surface area (Å²) in [7, 11) is 2.09. The Kier molecular flexibility index (Phi) is 11.4. The van der Waals surface area contributed by atoms with Gasteiger partial charge in [0.15, 0.2) is 11.5 Å². The van der Waals surface area contributed by atoms with Gasteiger partial charge in [0.05, 0.1) is 6.42 Å². The third kappa shape index (κ3) is 8.36. The molecule has 1 aromatic rings. The van der Waals surface area contributed by atoms with Crippen molar-refractivity contribution in [1.29, 1.82) is 0 Å². The van der Waals surface area contributed by atoms with Crippen molar-refractivity contribution in [2.24, 2.45) is 0 Å². The van der Waals surface area contributed by atoms with E-state index in [9.17, 15) is 9.59 Å². The molecule has 0 N–H and O–H groups in total. The van der Waals surface area contributed by atoms with Crippen LogP contribution < -0.4 is 9.47 Å². The quantitative estimate of drug-likeness (QED) is 0.394. The second kappa shape index (κ2) is 14.0. The Hall–Kier alpha value is -2.52. The molecule has 3 rings (SSSR count). The maximum atomic E-state index is 12.7. The molecule has 9 nitrogen and oxygen atoms in total. The molecule has 1 aromatic carbocycles. The number of ether oxygens (including phenoxy) is 4. The molecule has 0 radical (unpaired) electrons. The maximum Gasteiger partial charge on any atom is 0.413 e. The molecule has 0 spiro atoms. The summed E-state index contributed by atoms with van der Waals surface area (Å²) >= 11 is 0. The summed E-state index contributed by atoms with van der Waals surface area (Å²) in [6.45, 7) is 14.7. The highest BCUT2D eigenvalue weighted by Crippen LogP contribution is 2.33. The van der Waals surface area contributed by atoms with Gasteiger partial charge in [-0.2, -0.15) is 0 Å². The summed E-state index contributed by atoms with van der Waals surface area (Å²) in [6.07, 6.45) is -0.517. The molecule has 2 atom stereocenters. The number of benzene rings is 1. The average molecular weight is 480 g/mol. The molecule has 2 unspecified atom stereocenters. The first-order valence-electron chi connectivity index (χ1n) is 12.3. The van der Waals surface area contributed by atoms with Crippen molar-refractivity contribution in [3.8, 4) is 11.5 Å². The van der Waals surface area contributed by atoms with Crippen LogP contribution in [0.1, 0.15) is 46.6 Å². The summed E-state index contributed by atoms with van der Waals surface area (Å²) < 4.78 is 21.5. The van der Waals surface area contributed by atoms with Crippen molar-refractivity contribution >= 4 is 12.1 Å². The van der Waals surface area contributed by atoms with E-state index in [1.165, 1.54) is 0 Å². The first-order valence-corrected chi connectivity index (χ1v) is 12.3. The van der Waals surface area contributed by atoms with Crippen molar-refractivity contribution in [2.75, 3.05) is 53.1 Å². The van der Waals surface area contributed by atoms with Crippen molar-refractivity contribution in [3.63, 3.8) is 0 Å². The Balaban J connectivity index is 0.00000199. The first-order chi connectivity index (χ1) is 16.4. The Bertz CT molecular complexity index is 782. The highest BCUT2D eigenvalue weighted by molar-refractivity contribution is 5.71. The van der Waals surface area contributed by atoms with E-state index in [1.54, 1.807) is 11.8 Å². The lowest BCUT2D eigenvalue weighted by molar-refractivity contribution is -0.166. The highest BCUT2D eigenvalue weighted by Gasteiger charge is 2.24. The Morgan fingerprint density at radius 1 is 1.06 bits per heavy atom. The normalized spacial score (nSPS) is 17.2. The molecular weight excluding hydrogens is 438 g/mol. The first kappa shape index (κ1) is 27.7. The summed E-state index contributed by atoms with van der Waals surface area (Å²) in [5.41, 5.74) is 1.04. The Morgan fingerprint density at radius 3 is 2.41 bits per heavy atom. The number of hydrogen-bond donors (Lipinski definition) is 0. The van der Waals surface area contributed by atoms with Gasteiger partial charge < -0.3 is 33.6 Å². The lowest BCUT2D eigenvalue weighted by Gasteiger charge is -2.32. The van der Waals surface area contributed by atoms with Crippen molar-refractivity contribution in [2.45, 2.75) is 59.8 Å². The number of amides is 1. The molecule has 1 fully saturated rings. The second-order valence-electron chi connectivity index (χ2n) is 8.36. The van der Waals surface area contributed by atoms with Gasteiger partial charge in [-0.1, -0.05) is 19.9 Å². The van der Waals surface area contributed by atoms with E-state index in [0.717, 1.165) is 43.2 Å². The van der Waals surface area contributed by atoms with Gasteiger partial charge in [0.25, 0.3) is 0 Å². The number of carbonyl (C=O) groups is 2. The van der Waals surface area contributed by atoms with Crippen LogP contribution in [0.3, 0.4) is 0 Å². The number of carbonyl (C=O) groups excluding carboxylic acids is 2. The molecule has 0 saturated carbocycles. The summed E-state index contributed by atoms with van der Waals surface area (Å²) in [4.78, 5) is 31.0. The van der Waals surface area contributed by atoms with Crippen molar-refractivity contribution in [3.05, 3.63) is 23.8 Å². The largest absolute Gasteiger partial charge is 0.454 e. The minimum Gasteiger partial charge on any atom is -0.454 e. The highest BCUT2D eigenvalue weighted by atomic mass is 16.7. The number of fused-ring (bicyclic) bond motifs is 1. The zero-order valence-corrected chi connectivity index (χ0v) is 21.5. The van der Waals surface area contributed by atoms with Gasteiger partial charge in [-0.25, -0.2) is 4.79 Å². The van der Waals surface area contributed by atoms with Crippen LogP contribution in [-0.2, 0) is 20.7 Å². The number of hydrogen-bond acceptors (Lipinski definition) is 8. The monoisotopic (exact) mass is 479 g/mol. The standard InChI is InChI=1S/C23H35N3O6.C2H6/c1-5-26(17(2)14-19-6-7-20-21(15-19)30-16-29-20)23(28)32-18(3)31-22(27)8-9-25-12-10-24(4)11-13-25;1-2/h6-7,15,17-18H,5,8-14,16H2,1-4H3;1-2H3. The lowest BCUT2D eigenvalue weighted by atomic mass is 10.1. The molecule has 0 aromatic heterocycles. The van der Waals surface area contributed by atoms with Gasteiger partial charge in [0.1, 0.15) is 0 Å². The maximum absolute atomic E-state index is 12.7. The fourth-order valence-electron chi connectivity index (χ4n) is 3.94. The van der Waals surface area contributed by atoms with Crippen LogP contribution in [0.25, 0.3) is 0 Å². The van der Waals surface area contributed by atoms with Gasteiger partial charge in [0, 0.05) is 52.2 Å². The molecule has 9 heteroatoms. The van der Waals surface area contributed by atoms with E-state index in [2.05, 4.69) is 16.8 Å². The smallest absolute Gasteiger partial charge is 0.413 e. The molecule has 0 bridgehead atoms. The van der Waals surface area contributed by atoms with Gasteiger partial charge in [-0.3, -0.25) is 4.79 Å². The molecule has 192 valence electrons. The number of piperazine rings is 1. The summed E-state index contributed by atoms with van der Waals surface area (Å²) in [6, 6.07) is 5.67. The second-order valence-corrected chi connectivity index (χ2v) is 8.36. The van der Waals surface area contributed by atoms with E-state index < -0.39 is 12.4 Å². The van der Waals surface area contributed by atoms with E-state index in [1.807, 2.05) is 45.9 Å². The number of esters is 1. The topological polar surface area (TPSA) is 80.8 Å². The van der Waals surface area contributed by atoms with Gasteiger partial charge in [-0.05, 0) is 45.0 Å². The number of likely N-dealkylation sites (N-methyl/N-ethyl adjacent to an activating group) is 2. The van der Waals surface area contributed by atoms with Crippen LogP contribution >= 0.6 is 0 Å². The van der Waals surface area contributed by atoms with E-state index in [0.29, 0.717) is 19.5 Å². The van der Waals surface area contributed by atoms with Crippen molar-refractivity contribution in [1.82, 2.24) is 14.7 Å². The lowest BCUT2D eigenvalue weighted by Crippen LogP contribution is -2.45. The molecule has 0 aliphatic carbocycles. The predicted molar refractivity (Wildman–Crippen MR) is 130 cm³/mol. The third-order valence-corrected chi connectivity index (χ3v) is 5.87. The van der Waals surface area contributed by atoms with Crippen LogP contribution in [0.2, 0.25) is 0 Å².